The minimum Gasteiger partial charge on any atom is -0.383 e. The third-order valence-electron chi connectivity index (χ3n) is 3.78. The van der Waals surface area contributed by atoms with Gasteiger partial charge in [-0.2, -0.15) is 0 Å². The third-order valence-corrected chi connectivity index (χ3v) is 3.78. The Labute approximate surface area is 105 Å². The smallest absolute Gasteiger partial charge is 0.0662 e. The maximum Gasteiger partial charge on any atom is 0.0662 e. The van der Waals surface area contributed by atoms with Crippen molar-refractivity contribution in [3.8, 4) is 0 Å². The van der Waals surface area contributed by atoms with E-state index >= 15 is 0 Å². The van der Waals surface area contributed by atoms with Crippen LogP contribution in [-0.4, -0.2) is 11.5 Å². The number of hydrogen-bond acceptors (Lipinski definition) is 2. The summed E-state index contributed by atoms with van der Waals surface area (Å²) in [6.07, 6.45) is 7.53. The number of aryl methyl sites for hydroxylation is 1. The largest absolute Gasteiger partial charge is 0.383 e. The molecule has 0 atom stereocenters. The molecule has 1 N–H and O–H groups in total. The van der Waals surface area contributed by atoms with Crippen LogP contribution in [0.15, 0.2) is 12.3 Å². The average Bonchev–Trinajstić information content (AvgIpc) is 2.80. The molecule has 17 heavy (non-hydrogen) atoms. The first-order valence-electron chi connectivity index (χ1n) is 6.88. The monoisotopic (exact) mass is 232 g/mol. The summed E-state index contributed by atoms with van der Waals surface area (Å²) in [7, 11) is 0. The van der Waals surface area contributed by atoms with Crippen LogP contribution in [-0.2, 0) is 0 Å². The van der Waals surface area contributed by atoms with Gasteiger partial charge in [0.1, 0.15) is 0 Å². The van der Waals surface area contributed by atoms with Gasteiger partial charge in [-0.25, -0.2) is 0 Å². The molecule has 2 rings (SSSR count). The van der Waals surface area contributed by atoms with E-state index in [0.717, 1.165) is 12.5 Å². The number of pyridine rings is 1. The quantitative estimate of drug-likeness (QED) is 0.844. The van der Waals surface area contributed by atoms with E-state index in [-0.39, 0.29) is 0 Å². The van der Waals surface area contributed by atoms with E-state index in [1.54, 1.807) is 0 Å². The first-order chi connectivity index (χ1) is 8.18. The van der Waals surface area contributed by atoms with Crippen molar-refractivity contribution in [1.29, 1.82) is 0 Å². The van der Waals surface area contributed by atoms with Crippen LogP contribution in [0.2, 0.25) is 0 Å². The van der Waals surface area contributed by atoms with Crippen LogP contribution in [0.5, 0.6) is 0 Å². The zero-order chi connectivity index (χ0) is 12.3. The summed E-state index contributed by atoms with van der Waals surface area (Å²) in [5.74, 6) is 1.36. The second-order valence-corrected chi connectivity index (χ2v) is 5.57. The van der Waals surface area contributed by atoms with Gasteiger partial charge in [0.05, 0.1) is 11.4 Å². The number of rotatable bonds is 4. The van der Waals surface area contributed by atoms with Crippen molar-refractivity contribution >= 4 is 5.69 Å². The van der Waals surface area contributed by atoms with Crippen molar-refractivity contribution in [2.24, 2.45) is 5.92 Å². The summed E-state index contributed by atoms with van der Waals surface area (Å²) < 4.78 is 0. The van der Waals surface area contributed by atoms with Gasteiger partial charge in [-0.3, -0.25) is 4.98 Å². The molecule has 0 unspecified atom stereocenters. The van der Waals surface area contributed by atoms with Crippen molar-refractivity contribution in [2.45, 2.75) is 52.4 Å². The maximum atomic E-state index is 4.52. The van der Waals surface area contributed by atoms with E-state index < -0.39 is 0 Å². The van der Waals surface area contributed by atoms with Crippen molar-refractivity contribution in [3.05, 3.63) is 23.5 Å². The summed E-state index contributed by atoms with van der Waals surface area (Å²) in [5, 5.41) is 3.64. The average molecular weight is 232 g/mol. The molecule has 0 spiro atoms. The number of anilines is 1. The topological polar surface area (TPSA) is 24.9 Å². The number of aromatic nitrogens is 1. The Bertz CT molecular complexity index is 365. The molecule has 1 aliphatic rings. The molecule has 1 aliphatic carbocycles. The van der Waals surface area contributed by atoms with Gasteiger partial charge in [-0.15, -0.1) is 0 Å². The van der Waals surface area contributed by atoms with Gasteiger partial charge >= 0.3 is 0 Å². The first kappa shape index (κ1) is 12.4. The molecule has 1 heterocycles. The van der Waals surface area contributed by atoms with Gasteiger partial charge in [0.25, 0.3) is 0 Å². The molecule has 2 nitrogen and oxygen atoms in total. The summed E-state index contributed by atoms with van der Waals surface area (Å²) in [5.41, 5.74) is 3.80. The lowest BCUT2D eigenvalue weighted by Crippen LogP contribution is -2.14. The van der Waals surface area contributed by atoms with Crippen molar-refractivity contribution in [2.75, 3.05) is 11.9 Å². The van der Waals surface area contributed by atoms with E-state index in [4.69, 9.17) is 0 Å². The first-order valence-corrected chi connectivity index (χ1v) is 6.88. The highest BCUT2D eigenvalue weighted by molar-refractivity contribution is 5.55. The van der Waals surface area contributed by atoms with Crippen molar-refractivity contribution in [3.63, 3.8) is 0 Å². The Morgan fingerprint density at radius 3 is 2.71 bits per heavy atom. The Hall–Kier alpha value is -1.05. The Balaban J connectivity index is 2.07. The van der Waals surface area contributed by atoms with Crippen LogP contribution in [0, 0.1) is 12.8 Å². The molecule has 1 aromatic heterocycles. The Kier molecular flexibility index (Phi) is 4.03. The van der Waals surface area contributed by atoms with Crippen LogP contribution < -0.4 is 5.32 Å². The number of hydrogen-bond donors (Lipinski definition) is 1. The lowest BCUT2D eigenvalue weighted by atomic mass is 10.0. The lowest BCUT2D eigenvalue weighted by Gasteiger charge is -2.18. The molecule has 1 saturated carbocycles. The fourth-order valence-corrected chi connectivity index (χ4v) is 2.71. The van der Waals surface area contributed by atoms with E-state index in [0.29, 0.717) is 5.92 Å². The standard InChI is InChI=1S/C15H24N2/c1-11(2)14-15(12(3)8-9-16-14)17-10-13-6-4-5-7-13/h8-9,11,13,17H,4-7,10H2,1-3H3. The van der Waals surface area contributed by atoms with Crippen molar-refractivity contribution in [1.82, 2.24) is 4.98 Å². The molecule has 1 fully saturated rings. The van der Waals surface area contributed by atoms with Gasteiger partial charge in [0.15, 0.2) is 0 Å². The molecule has 0 bridgehead atoms. The molecule has 2 heteroatoms. The van der Waals surface area contributed by atoms with Crippen molar-refractivity contribution < 1.29 is 0 Å². The van der Waals surface area contributed by atoms with E-state index in [2.05, 4.69) is 37.1 Å². The van der Waals surface area contributed by atoms with Crippen LogP contribution in [0.4, 0.5) is 5.69 Å². The lowest BCUT2D eigenvalue weighted by molar-refractivity contribution is 0.579. The normalized spacial score (nSPS) is 16.7. The number of nitrogens with zero attached hydrogens (tertiary/aromatic N) is 1. The molecule has 0 saturated heterocycles. The van der Waals surface area contributed by atoms with Gasteiger partial charge in [-0.05, 0) is 43.2 Å². The van der Waals surface area contributed by atoms with Gasteiger partial charge in [0.2, 0.25) is 0 Å². The minimum atomic E-state index is 0.487. The van der Waals surface area contributed by atoms with Gasteiger partial charge in [-0.1, -0.05) is 26.7 Å². The van der Waals surface area contributed by atoms with Gasteiger partial charge < -0.3 is 5.32 Å². The minimum absolute atomic E-state index is 0.487. The molecule has 0 aliphatic heterocycles. The Morgan fingerprint density at radius 2 is 2.06 bits per heavy atom. The van der Waals surface area contributed by atoms with Gasteiger partial charge in [0, 0.05) is 12.7 Å². The zero-order valence-corrected chi connectivity index (χ0v) is 11.3. The number of nitrogens with one attached hydrogen (secondary N) is 1. The fraction of sp³-hybridized carbons (Fsp3) is 0.667. The zero-order valence-electron chi connectivity index (χ0n) is 11.3. The Morgan fingerprint density at radius 1 is 1.35 bits per heavy atom. The summed E-state index contributed by atoms with van der Waals surface area (Å²) in [6.45, 7) is 7.71. The molecule has 0 radical (unpaired) electrons. The predicted octanol–water partition coefficient (Wildman–Crippen LogP) is 4.12. The van der Waals surface area contributed by atoms with E-state index in [9.17, 15) is 0 Å². The second-order valence-electron chi connectivity index (χ2n) is 5.57. The predicted molar refractivity (Wildman–Crippen MR) is 73.5 cm³/mol. The molecule has 94 valence electrons. The molecule has 0 amide bonds. The third kappa shape index (κ3) is 2.99. The second kappa shape index (κ2) is 5.52. The molecule has 0 aromatic carbocycles. The fourth-order valence-electron chi connectivity index (χ4n) is 2.71. The van der Waals surface area contributed by atoms with E-state index in [1.807, 2.05) is 6.20 Å². The highest BCUT2D eigenvalue weighted by atomic mass is 14.9. The highest BCUT2D eigenvalue weighted by Gasteiger charge is 2.16. The summed E-state index contributed by atoms with van der Waals surface area (Å²) in [4.78, 5) is 4.52. The van der Waals surface area contributed by atoms with Crippen LogP contribution in [0.1, 0.15) is 56.7 Å². The molecular weight excluding hydrogens is 208 g/mol. The van der Waals surface area contributed by atoms with Crippen LogP contribution >= 0.6 is 0 Å². The summed E-state index contributed by atoms with van der Waals surface area (Å²) >= 11 is 0. The summed E-state index contributed by atoms with van der Waals surface area (Å²) in [6, 6.07) is 2.10. The van der Waals surface area contributed by atoms with E-state index in [1.165, 1.54) is 42.6 Å². The van der Waals surface area contributed by atoms with Crippen LogP contribution in [0.3, 0.4) is 0 Å². The molecular formula is C15H24N2. The molecule has 1 aromatic rings. The maximum absolute atomic E-state index is 4.52. The highest BCUT2D eigenvalue weighted by Crippen LogP contribution is 2.28. The SMILES string of the molecule is Cc1ccnc(C(C)C)c1NCC1CCCC1. The van der Waals surface area contributed by atoms with Crippen LogP contribution in [0.25, 0.3) is 0 Å².